The van der Waals surface area contributed by atoms with Gasteiger partial charge in [-0.2, -0.15) is 0 Å². The third kappa shape index (κ3) is 1.03. The molecule has 2 heterocycles. The van der Waals surface area contributed by atoms with Gasteiger partial charge in [-0.3, -0.25) is 4.57 Å². The van der Waals surface area contributed by atoms with Crippen LogP contribution in [0.5, 0.6) is 5.88 Å². The van der Waals surface area contributed by atoms with Gasteiger partial charge in [0.05, 0.1) is 11.8 Å². The fourth-order valence-electron chi connectivity index (χ4n) is 3.27. The van der Waals surface area contributed by atoms with Gasteiger partial charge in [-0.25, -0.2) is 0 Å². The lowest BCUT2D eigenvalue weighted by molar-refractivity contribution is 0.453. The smallest absolute Gasteiger partial charge is 0.207 e. The number of aromatic nitrogens is 1. The summed E-state index contributed by atoms with van der Waals surface area (Å²) in [5, 5.41) is 4.07. The first kappa shape index (κ1) is 9.45. The quantitative estimate of drug-likeness (QED) is 0.455. The van der Waals surface area contributed by atoms with Gasteiger partial charge in [-0.15, -0.1) is 0 Å². The Balaban J connectivity index is 2.01. The normalized spacial score (nSPS) is 15.2. The molecule has 2 nitrogen and oxygen atoms in total. The first-order valence-corrected chi connectivity index (χ1v) is 6.51. The molecule has 0 radical (unpaired) electrons. The zero-order valence-electron chi connectivity index (χ0n) is 10.3. The monoisotopic (exact) mass is 245 g/mol. The van der Waals surface area contributed by atoms with Crippen LogP contribution in [0.3, 0.4) is 0 Å². The summed E-state index contributed by atoms with van der Waals surface area (Å²) in [6, 6.07) is 10.9. The summed E-state index contributed by atoms with van der Waals surface area (Å²) in [7, 11) is 0. The van der Waals surface area contributed by atoms with Gasteiger partial charge in [0.1, 0.15) is 0 Å². The van der Waals surface area contributed by atoms with Gasteiger partial charge >= 0.3 is 0 Å². The first-order chi connectivity index (χ1) is 9.43. The van der Waals surface area contributed by atoms with Crippen LogP contribution in [0.2, 0.25) is 0 Å². The summed E-state index contributed by atoms with van der Waals surface area (Å²) < 4.78 is 7.92. The number of benzene rings is 2. The van der Waals surface area contributed by atoms with Crippen molar-refractivity contribution < 1.29 is 4.74 Å². The highest BCUT2D eigenvalue weighted by Crippen LogP contribution is 2.47. The predicted octanol–water partition coefficient (Wildman–Crippen LogP) is 4.08. The molecule has 5 rings (SSSR count). The standard InChI is InChI=1S/C17H11NO/c1-2-6-12-11(5-1)9-15-16-13(12)10-14(16)17-18(15)7-3-4-8-19-17/h1-9H,10H2. The van der Waals surface area contributed by atoms with Crippen molar-refractivity contribution in [3.8, 4) is 5.88 Å². The van der Waals surface area contributed by atoms with E-state index in [4.69, 9.17) is 4.74 Å². The number of rotatable bonds is 0. The minimum Gasteiger partial charge on any atom is -0.448 e. The average molecular weight is 245 g/mol. The minimum absolute atomic E-state index is 0.975. The molecule has 0 unspecified atom stereocenters. The van der Waals surface area contributed by atoms with Crippen LogP contribution in [0.4, 0.5) is 0 Å². The van der Waals surface area contributed by atoms with E-state index in [1.54, 1.807) is 6.26 Å². The molecule has 0 N–H and O–H groups in total. The molecule has 0 spiro atoms. The van der Waals surface area contributed by atoms with Gasteiger partial charge < -0.3 is 4.74 Å². The highest BCUT2D eigenvalue weighted by molar-refractivity contribution is 6.08. The Kier molecular flexibility index (Phi) is 1.54. The molecule has 0 amide bonds. The zero-order valence-corrected chi connectivity index (χ0v) is 10.3. The maximum atomic E-state index is 5.76. The van der Waals surface area contributed by atoms with Crippen molar-refractivity contribution in [2.75, 3.05) is 0 Å². The molecule has 0 atom stereocenters. The molecule has 3 aromatic rings. The van der Waals surface area contributed by atoms with Crippen molar-refractivity contribution >= 4 is 27.9 Å². The molecular formula is C17H11NO. The van der Waals surface area contributed by atoms with Crippen molar-refractivity contribution in [1.29, 1.82) is 0 Å². The summed E-state index contributed by atoms with van der Waals surface area (Å²) in [5.74, 6) is 0.975. The van der Waals surface area contributed by atoms with Crippen LogP contribution in [0.25, 0.3) is 27.9 Å². The molecule has 1 aliphatic carbocycles. The highest BCUT2D eigenvalue weighted by Gasteiger charge is 2.29. The molecule has 2 aromatic carbocycles. The minimum atomic E-state index is 0.975. The van der Waals surface area contributed by atoms with Gasteiger partial charge in [0.15, 0.2) is 0 Å². The number of hydrogen-bond donors (Lipinski definition) is 0. The molecule has 0 fully saturated rings. The largest absolute Gasteiger partial charge is 0.448 e. The second-order valence-electron chi connectivity index (χ2n) is 5.09. The topological polar surface area (TPSA) is 14.2 Å². The van der Waals surface area contributed by atoms with Crippen LogP contribution in [0.1, 0.15) is 11.1 Å². The molecule has 2 heteroatoms. The number of hydrogen-bond acceptors (Lipinski definition) is 1. The summed E-state index contributed by atoms with van der Waals surface area (Å²) in [4.78, 5) is 0. The van der Waals surface area contributed by atoms with Crippen molar-refractivity contribution in [2.24, 2.45) is 0 Å². The maximum absolute atomic E-state index is 5.76. The van der Waals surface area contributed by atoms with Crippen molar-refractivity contribution in [1.82, 2.24) is 4.57 Å². The van der Waals surface area contributed by atoms with E-state index >= 15 is 0 Å². The first-order valence-electron chi connectivity index (χ1n) is 6.51. The Bertz CT molecular complexity index is 912. The lowest BCUT2D eigenvalue weighted by atomic mass is 9.85. The average Bonchev–Trinajstić information content (AvgIpc) is 2.55. The van der Waals surface area contributed by atoms with E-state index in [1.165, 1.54) is 32.8 Å². The van der Waals surface area contributed by atoms with E-state index in [-0.39, 0.29) is 0 Å². The van der Waals surface area contributed by atoms with E-state index in [0.29, 0.717) is 0 Å². The number of fused-ring (bicyclic) bond motifs is 5. The number of ether oxygens (including phenoxy) is 1. The van der Waals surface area contributed by atoms with Crippen LogP contribution in [-0.2, 0) is 6.42 Å². The molecule has 90 valence electrons. The van der Waals surface area contributed by atoms with Crippen molar-refractivity contribution in [3.63, 3.8) is 0 Å². The Hall–Kier alpha value is -2.48. The highest BCUT2D eigenvalue weighted by atomic mass is 16.5. The van der Waals surface area contributed by atoms with Crippen LogP contribution in [0, 0.1) is 0 Å². The maximum Gasteiger partial charge on any atom is 0.207 e. The van der Waals surface area contributed by atoms with E-state index in [2.05, 4.69) is 41.1 Å². The third-order valence-electron chi connectivity index (χ3n) is 4.13. The fourth-order valence-corrected chi connectivity index (χ4v) is 3.27. The lowest BCUT2D eigenvalue weighted by Crippen LogP contribution is -2.02. The van der Waals surface area contributed by atoms with E-state index < -0.39 is 0 Å². The van der Waals surface area contributed by atoms with E-state index in [1.807, 2.05) is 12.2 Å². The van der Waals surface area contributed by atoms with Crippen LogP contribution < -0.4 is 4.74 Å². The Morgan fingerprint density at radius 2 is 2.00 bits per heavy atom. The zero-order chi connectivity index (χ0) is 12.4. The summed E-state index contributed by atoms with van der Waals surface area (Å²) in [6.07, 6.45) is 8.78. The van der Waals surface area contributed by atoms with Gasteiger partial charge in [0.2, 0.25) is 5.88 Å². The SMILES string of the molecule is C1=COc2c3c4c(c5ccccc5cc4n2C=C1)C3. The second-order valence-corrected chi connectivity index (χ2v) is 5.09. The summed E-state index contributed by atoms with van der Waals surface area (Å²) in [5.41, 5.74) is 4.06. The Labute approximate surface area is 110 Å². The predicted molar refractivity (Wildman–Crippen MR) is 77.3 cm³/mol. The molecule has 19 heavy (non-hydrogen) atoms. The van der Waals surface area contributed by atoms with Gasteiger partial charge in [0, 0.05) is 23.6 Å². The summed E-state index contributed by atoms with van der Waals surface area (Å²) in [6.45, 7) is 0. The van der Waals surface area contributed by atoms with Crippen LogP contribution >= 0.6 is 0 Å². The summed E-state index contributed by atoms with van der Waals surface area (Å²) >= 11 is 0. The van der Waals surface area contributed by atoms with E-state index in [0.717, 1.165) is 12.3 Å². The fraction of sp³-hybridized carbons (Fsp3) is 0.0588. The molecule has 0 bridgehead atoms. The van der Waals surface area contributed by atoms with Gasteiger partial charge in [0.25, 0.3) is 0 Å². The lowest BCUT2D eigenvalue weighted by Gasteiger charge is -2.17. The van der Waals surface area contributed by atoms with Crippen molar-refractivity contribution in [2.45, 2.75) is 6.42 Å². The Morgan fingerprint density at radius 3 is 3.00 bits per heavy atom. The van der Waals surface area contributed by atoms with Crippen LogP contribution in [0.15, 0.2) is 48.7 Å². The second kappa shape index (κ2) is 3.09. The molecule has 0 saturated heterocycles. The third-order valence-corrected chi connectivity index (χ3v) is 4.13. The van der Waals surface area contributed by atoms with E-state index in [9.17, 15) is 0 Å². The Morgan fingerprint density at radius 1 is 1.05 bits per heavy atom. The number of allylic oxidation sites excluding steroid dienone is 2. The molecule has 1 aromatic heterocycles. The molecule has 1 aliphatic heterocycles. The number of nitrogens with zero attached hydrogens (tertiary/aromatic N) is 1. The molecule has 2 aliphatic rings. The molecule has 0 saturated carbocycles. The van der Waals surface area contributed by atoms with Crippen LogP contribution in [-0.4, -0.2) is 4.57 Å². The van der Waals surface area contributed by atoms with Gasteiger partial charge in [-0.1, -0.05) is 24.3 Å². The van der Waals surface area contributed by atoms with Gasteiger partial charge in [-0.05, 0) is 34.6 Å². The molecular weight excluding hydrogens is 234 g/mol. The van der Waals surface area contributed by atoms with Crippen molar-refractivity contribution in [3.05, 3.63) is 59.9 Å².